The fourth-order valence-corrected chi connectivity index (χ4v) is 5.24. The Balaban J connectivity index is 1.55. The number of nitrogens with zero attached hydrogens (tertiary/aromatic N) is 3. The van der Waals surface area contributed by atoms with Gasteiger partial charge in [-0.3, -0.25) is 9.69 Å². The van der Waals surface area contributed by atoms with Crippen LogP contribution in [0.25, 0.3) is 10.2 Å². The monoisotopic (exact) mass is 483 g/mol. The van der Waals surface area contributed by atoms with Crippen molar-refractivity contribution in [3.63, 3.8) is 0 Å². The second kappa shape index (κ2) is 10.6. The number of nitrogens with one attached hydrogen (secondary N) is 1. The summed E-state index contributed by atoms with van der Waals surface area (Å²) in [6.45, 7) is 9.91. The quantitative estimate of drug-likeness (QED) is 0.474. The average Bonchev–Trinajstić information content (AvgIpc) is 3.11. The molecule has 9 heteroatoms. The third-order valence-electron chi connectivity index (χ3n) is 6.37. The van der Waals surface area contributed by atoms with Crippen molar-refractivity contribution < 1.29 is 14.3 Å². The van der Waals surface area contributed by atoms with Gasteiger partial charge < -0.3 is 20.5 Å². The summed E-state index contributed by atoms with van der Waals surface area (Å²) in [7, 11) is 1.57. The number of anilines is 1. The number of hydrogen-bond acceptors (Lipinski definition) is 8. The van der Waals surface area contributed by atoms with E-state index < -0.39 is 5.91 Å². The fraction of sp³-hybridized carbons (Fsp3) is 0.480. The highest BCUT2D eigenvalue weighted by atomic mass is 32.1. The first-order chi connectivity index (χ1) is 16.3. The second-order valence-corrected chi connectivity index (χ2v) is 10.2. The Labute approximate surface area is 204 Å². The molecule has 0 aliphatic carbocycles. The van der Waals surface area contributed by atoms with Crippen molar-refractivity contribution in [2.75, 3.05) is 32.1 Å². The lowest BCUT2D eigenvalue weighted by Crippen LogP contribution is -2.33. The fourth-order valence-electron chi connectivity index (χ4n) is 4.19. The Morgan fingerprint density at radius 3 is 2.71 bits per heavy atom. The van der Waals surface area contributed by atoms with Gasteiger partial charge in [0.15, 0.2) is 18.1 Å². The molecule has 182 valence electrons. The third-order valence-corrected chi connectivity index (χ3v) is 7.48. The molecule has 0 radical (unpaired) electrons. The Morgan fingerprint density at radius 2 is 2.00 bits per heavy atom. The van der Waals surface area contributed by atoms with Crippen molar-refractivity contribution in [1.82, 2.24) is 14.9 Å². The molecule has 0 atom stereocenters. The molecule has 0 bridgehead atoms. The van der Waals surface area contributed by atoms with Crippen LogP contribution in [-0.2, 0) is 17.9 Å². The number of aryl methyl sites for hydroxylation is 2. The number of amides is 1. The molecule has 1 amide bonds. The van der Waals surface area contributed by atoms with Crippen molar-refractivity contribution in [2.45, 2.75) is 46.7 Å². The van der Waals surface area contributed by atoms with E-state index in [2.05, 4.69) is 31.0 Å². The summed E-state index contributed by atoms with van der Waals surface area (Å²) < 4.78 is 10.9. The van der Waals surface area contributed by atoms with Gasteiger partial charge >= 0.3 is 0 Å². The number of rotatable bonds is 9. The van der Waals surface area contributed by atoms with Crippen LogP contribution in [0.1, 0.15) is 41.6 Å². The maximum atomic E-state index is 11.0. The number of piperidine rings is 1. The minimum absolute atomic E-state index is 0.192. The van der Waals surface area contributed by atoms with E-state index in [1.165, 1.54) is 23.3 Å². The van der Waals surface area contributed by atoms with E-state index in [0.717, 1.165) is 53.0 Å². The highest BCUT2D eigenvalue weighted by Crippen LogP contribution is 2.34. The Morgan fingerprint density at radius 1 is 1.24 bits per heavy atom. The van der Waals surface area contributed by atoms with Crippen LogP contribution in [0.15, 0.2) is 18.2 Å². The normalized spacial score (nSPS) is 14.9. The van der Waals surface area contributed by atoms with E-state index in [0.29, 0.717) is 18.0 Å². The molecule has 1 aromatic carbocycles. The molecule has 0 spiro atoms. The zero-order valence-electron chi connectivity index (χ0n) is 20.3. The summed E-state index contributed by atoms with van der Waals surface area (Å²) >= 11 is 1.72. The van der Waals surface area contributed by atoms with Gasteiger partial charge in [-0.05, 0) is 69.0 Å². The molecule has 34 heavy (non-hydrogen) atoms. The maximum Gasteiger partial charge on any atom is 0.255 e. The zero-order valence-corrected chi connectivity index (χ0v) is 21.1. The minimum atomic E-state index is -0.531. The molecular formula is C25H33N5O3S. The molecule has 4 rings (SSSR count). The molecule has 3 heterocycles. The first-order valence-corrected chi connectivity index (χ1v) is 12.5. The van der Waals surface area contributed by atoms with Crippen LogP contribution in [0.3, 0.4) is 0 Å². The number of primary amides is 1. The molecular weight excluding hydrogens is 450 g/mol. The predicted molar refractivity (Wildman–Crippen MR) is 136 cm³/mol. The van der Waals surface area contributed by atoms with Crippen molar-refractivity contribution in [3.05, 3.63) is 40.0 Å². The van der Waals surface area contributed by atoms with Gasteiger partial charge in [-0.1, -0.05) is 13.0 Å². The number of carbonyl (C=O) groups is 1. The molecule has 1 fully saturated rings. The number of methoxy groups -OCH3 is 1. The summed E-state index contributed by atoms with van der Waals surface area (Å²) in [4.78, 5) is 25.6. The van der Waals surface area contributed by atoms with E-state index in [4.69, 9.17) is 25.2 Å². The summed E-state index contributed by atoms with van der Waals surface area (Å²) in [5.41, 5.74) is 7.40. The van der Waals surface area contributed by atoms with Gasteiger partial charge in [-0.2, -0.15) is 0 Å². The molecule has 2 aromatic heterocycles. The highest BCUT2D eigenvalue weighted by molar-refractivity contribution is 7.18. The first-order valence-electron chi connectivity index (χ1n) is 11.6. The largest absolute Gasteiger partial charge is 0.493 e. The van der Waals surface area contributed by atoms with Crippen LogP contribution in [0.4, 0.5) is 5.82 Å². The van der Waals surface area contributed by atoms with Gasteiger partial charge in [-0.15, -0.1) is 11.3 Å². The lowest BCUT2D eigenvalue weighted by molar-refractivity contribution is -0.119. The van der Waals surface area contributed by atoms with E-state index in [1.54, 1.807) is 24.5 Å². The van der Waals surface area contributed by atoms with E-state index in [1.807, 2.05) is 12.1 Å². The average molecular weight is 484 g/mol. The number of ether oxygens (including phenoxy) is 2. The molecule has 1 aliphatic rings. The summed E-state index contributed by atoms with van der Waals surface area (Å²) in [6, 6.07) is 5.62. The van der Waals surface area contributed by atoms with Crippen molar-refractivity contribution in [2.24, 2.45) is 11.7 Å². The minimum Gasteiger partial charge on any atom is -0.493 e. The summed E-state index contributed by atoms with van der Waals surface area (Å²) in [6.07, 6.45) is 2.46. The van der Waals surface area contributed by atoms with E-state index >= 15 is 0 Å². The van der Waals surface area contributed by atoms with Crippen LogP contribution in [0.5, 0.6) is 11.5 Å². The second-order valence-electron chi connectivity index (χ2n) is 9.00. The first kappa shape index (κ1) is 24.2. The number of thiophene rings is 1. The van der Waals surface area contributed by atoms with Gasteiger partial charge in [-0.25, -0.2) is 9.97 Å². The maximum absolute atomic E-state index is 11.0. The van der Waals surface area contributed by atoms with Gasteiger partial charge in [0.2, 0.25) is 0 Å². The number of hydrogen-bond donors (Lipinski definition) is 2. The van der Waals surface area contributed by atoms with E-state index in [9.17, 15) is 4.79 Å². The summed E-state index contributed by atoms with van der Waals surface area (Å²) in [5, 5.41) is 4.62. The zero-order chi connectivity index (χ0) is 24.2. The SMILES string of the molecule is COc1cc(CNc2nc(CN3CCC(C)CC3)nc3sc(C)c(C)c23)ccc1OCC(N)=O. The van der Waals surface area contributed by atoms with Crippen molar-refractivity contribution >= 4 is 33.3 Å². The van der Waals surface area contributed by atoms with Crippen LogP contribution in [0, 0.1) is 19.8 Å². The number of carbonyl (C=O) groups excluding carboxylic acids is 1. The summed E-state index contributed by atoms with van der Waals surface area (Å²) in [5.74, 6) is 3.02. The number of likely N-dealkylation sites (tertiary alicyclic amines) is 1. The van der Waals surface area contributed by atoms with Crippen molar-refractivity contribution in [1.29, 1.82) is 0 Å². The molecule has 0 unspecified atom stereocenters. The Bertz CT molecular complexity index is 1170. The topological polar surface area (TPSA) is 103 Å². The van der Waals surface area contributed by atoms with Gasteiger partial charge in [0.05, 0.1) is 19.0 Å². The molecule has 3 N–H and O–H groups in total. The van der Waals surface area contributed by atoms with Crippen LogP contribution in [-0.4, -0.2) is 47.6 Å². The Kier molecular flexibility index (Phi) is 7.53. The lowest BCUT2D eigenvalue weighted by atomic mass is 9.99. The third kappa shape index (κ3) is 5.59. The molecule has 0 saturated carbocycles. The number of benzene rings is 1. The number of fused-ring (bicyclic) bond motifs is 1. The van der Waals surface area contributed by atoms with Gasteiger partial charge in [0, 0.05) is 11.4 Å². The van der Waals surface area contributed by atoms with Gasteiger partial charge in [0.25, 0.3) is 5.91 Å². The highest BCUT2D eigenvalue weighted by Gasteiger charge is 2.19. The number of aromatic nitrogens is 2. The molecule has 1 saturated heterocycles. The van der Waals surface area contributed by atoms with Gasteiger partial charge in [0.1, 0.15) is 16.5 Å². The number of nitrogens with two attached hydrogens (primary N) is 1. The van der Waals surface area contributed by atoms with E-state index in [-0.39, 0.29) is 6.61 Å². The Hall–Kier alpha value is -2.91. The van der Waals surface area contributed by atoms with Crippen LogP contribution < -0.4 is 20.5 Å². The standard InChI is InChI=1S/C25H33N5O3S/c1-15-7-9-30(10-8-15)13-22-28-24(23-16(2)17(3)34-25(23)29-22)27-12-18-5-6-19(20(11-18)32-4)33-14-21(26)31/h5-6,11,15H,7-10,12-14H2,1-4H3,(H2,26,31)(H,27,28,29). The van der Waals surface area contributed by atoms with Crippen molar-refractivity contribution in [3.8, 4) is 11.5 Å². The smallest absolute Gasteiger partial charge is 0.255 e. The predicted octanol–water partition coefficient (Wildman–Crippen LogP) is 4.02. The lowest BCUT2D eigenvalue weighted by Gasteiger charge is -2.29. The molecule has 3 aromatic rings. The van der Waals surface area contributed by atoms with Crippen LogP contribution in [0.2, 0.25) is 0 Å². The molecule has 8 nitrogen and oxygen atoms in total. The molecule has 1 aliphatic heterocycles. The van der Waals surface area contributed by atoms with Crippen LogP contribution >= 0.6 is 11.3 Å².